The van der Waals surface area contributed by atoms with Crippen molar-refractivity contribution in [2.75, 3.05) is 12.0 Å². The lowest BCUT2D eigenvalue weighted by molar-refractivity contribution is 0.0689. The van der Waals surface area contributed by atoms with Gasteiger partial charge in [-0.1, -0.05) is 5.21 Å². The number of sulfone groups is 1. The largest absolute Gasteiger partial charge is 0.476 e. The smallest absolute Gasteiger partial charge is 0.358 e. The van der Waals surface area contributed by atoms with Crippen LogP contribution in [0.1, 0.15) is 22.6 Å². The monoisotopic (exact) mass is 247 g/mol. The SMILES string of the molecule is Cc1c(C(=O)O)nnn1CCCS(C)(=O)=O. The molecule has 0 atom stereocenters. The van der Waals surface area contributed by atoms with E-state index in [4.69, 9.17) is 5.11 Å². The van der Waals surface area contributed by atoms with Crippen LogP contribution in [-0.2, 0) is 16.4 Å². The Hall–Kier alpha value is -1.44. The predicted molar refractivity (Wildman–Crippen MR) is 56.0 cm³/mol. The number of carbonyl (C=O) groups is 1. The Morgan fingerprint density at radius 2 is 2.12 bits per heavy atom. The van der Waals surface area contributed by atoms with E-state index in [-0.39, 0.29) is 11.4 Å². The number of aryl methyl sites for hydroxylation is 1. The van der Waals surface area contributed by atoms with Crippen LogP contribution in [0.3, 0.4) is 0 Å². The average Bonchev–Trinajstić information content (AvgIpc) is 2.46. The number of hydrogen-bond donors (Lipinski definition) is 1. The fourth-order valence-corrected chi connectivity index (χ4v) is 1.90. The molecule has 0 saturated carbocycles. The number of aromatic carboxylic acids is 1. The van der Waals surface area contributed by atoms with Crippen molar-refractivity contribution >= 4 is 15.8 Å². The van der Waals surface area contributed by atoms with Crippen LogP contribution >= 0.6 is 0 Å². The van der Waals surface area contributed by atoms with Crippen molar-refractivity contribution in [3.8, 4) is 0 Å². The molecule has 1 heterocycles. The molecule has 0 spiro atoms. The van der Waals surface area contributed by atoms with Crippen LogP contribution in [-0.4, -0.2) is 46.5 Å². The van der Waals surface area contributed by atoms with Gasteiger partial charge in [-0.05, 0) is 13.3 Å². The highest BCUT2D eigenvalue weighted by molar-refractivity contribution is 7.90. The molecule has 0 radical (unpaired) electrons. The van der Waals surface area contributed by atoms with Crippen LogP contribution in [0.4, 0.5) is 0 Å². The van der Waals surface area contributed by atoms with Gasteiger partial charge in [0.05, 0.1) is 11.4 Å². The molecule has 0 saturated heterocycles. The van der Waals surface area contributed by atoms with E-state index in [0.29, 0.717) is 18.7 Å². The fraction of sp³-hybridized carbons (Fsp3) is 0.625. The normalized spacial score (nSPS) is 11.6. The molecular weight excluding hydrogens is 234 g/mol. The Labute approximate surface area is 93.0 Å². The summed E-state index contributed by atoms with van der Waals surface area (Å²) in [5.41, 5.74) is 0.334. The molecule has 1 rings (SSSR count). The average molecular weight is 247 g/mol. The Morgan fingerprint density at radius 3 is 2.56 bits per heavy atom. The summed E-state index contributed by atoms with van der Waals surface area (Å²) in [4.78, 5) is 10.7. The van der Waals surface area contributed by atoms with Gasteiger partial charge in [0.15, 0.2) is 5.69 Å². The van der Waals surface area contributed by atoms with Crippen molar-refractivity contribution < 1.29 is 18.3 Å². The first-order valence-corrected chi connectivity index (χ1v) is 6.68. The first-order chi connectivity index (χ1) is 7.31. The highest BCUT2D eigenvalue weighted by atomic mass is 32.2. The fourth-order valence-electron chi connectivity index (χ4n) is 1.25. The maximum Gasteiger partial charge on any atom is 0.358 e. The molecule has 0 bridgehead atoms. The minimum Gasteiger partial charge on any atom is -0.476 e. The van der Waals surface area contributed by atoms with E-state index in [9.17, 15) is 13.2 Å². The zero-order valence-corrected chi connectivity index (χ0v) is 9.86. The summed E-state index contributed by atoms with van der Waals surface area (Å²) < 4.78 is 23.2. The Balaban J connectivity index is 2.66. The van der Waals surface area contributed by atoms with Gasteiger partial charge in [-0.25, -0.2) is 17.9 Å². The van der Waals surface area contributed by atoms with Crippen LogP contribution in [0.5, 0.6) is 0 Å². The maximum absolute atomic E-state index is 10.9. The summed E-state index contributed by atoms with van der Waals surface area (Å²) in [5.74, 6) is -1.08. The highest BCUT2D eigenvalue weighted by Crippen LogP contribution is 2.04. The molecule has 0 unspecified atom stereocenters. The van der Waals surface area contributed by atoms with E-state index in [1.165, 1.54) is 4.68 Å². The lowest BCUT2D eigenvalue weighted by Gasteiger charge is -2.02. The standard InChI is InChI=1S/C8H13N3O4S/c1-6-7(8(12)13)9-10-11(6)4-3-5-16(2,14)15/h3-5H2,1-2H3,(H,12,13). The zero-order chi connectivity index (χ0) is 12.3. The van der Waals surface area contributed by atoms with Crippen molar-refractivity contribution in [1.29, 1.82) is 0 Å². The molecule has 0 fully saturated rings. The van der Waals surface area contributed by atoms with Gasteiger partial charge in [-0.15, -0.1) is 5.10 Å². The molecule has 1 N–H and O–H groups in total. The van der Waals surface area contributed by atoms with Gasteiger partial charge in [0.2, 0.25) is 0 Å². The number of aromatic nitrogens is 3. The van der Waals surface area contributed by atoms with Gasteiger partial charge in [-0.2, -0.15) is 0 Å². The molecule has 0 aliphatic heterocycles. The second-order valence-electron chi connectivity index (χ2n) is 3.54. The molecule has 90 valence electrons. The first kappa shape index (κ1) is 12.6. The third-order valence-electron chi connectivity index (χ3n) is 2.07. The first-order valence-electron chi connectivity index (χ1n) is 4.62. The van der Waals surface area contributed by atoms with Crippen molar-refractivity contribution in [1.82, 2.24) is 15.0 Å². The van der Waals surface area contributed by atoms with Crippen molar-refractivity contribution in [2.45, 2.75) is 19.9 Å². The maximum atomic E-state index is 10.9. The van der Waals surface area contributed by atoms with E-state index in [2.05, 4.69) is 10.3 Å². The summed E-state index contributed by atoms with van der Waals surface area (Å²) in [6.45, 7) is 1.93. The summed E-state index contributed by atoms with van der Waals surface area (Å²) in [6, 6.07) is 0. The third-order valence-corrected chi connectivity index (χ3v) is 3.10. The quantitative estimate of drug-likeness (QED) is 0.767. The Kier molecular flexibility index (Phi) is 3.63. The molecule has 0 aliphatic carbocycles. The van der Waals surface area contributed by atoms with Crippen LogP contribution in [0, 0.1) is 6.92 Å². The molecule has 16 heavy (non-hydrogen) atoms. The highest BCUT2D eigenvalue weighted by Gasteiger charge is 2.14. The van der Waals surface area contributed by atoms with Crippen molar-refractivity contribution in [3.63, 3.8) is 0 Å². The number of carboxylic acid groups (broad SMARTS) is 1. The number of hydrogen-bond acceptors (Lipinski definition) is 5. The van der Waals surface area contributed by atoms with Crippen LogP contribution in [0.15, 0.2) is 0 Å². The molecule has 1 aromatic rings. The van der Waals surface area contributed by atoms with Gasteiger partial charge < -0.3 is 5.11 Å². The summed E-state index contributed by atoms with van der Waals surface area (Å²) in [6.07, 6.45) is 1.55. The number of nitrogens with zero attached hydrogens (tertiary/aromatic N) is 3. The van der Waals surface area contributed by atoms with Crippen molar-refractivity contribution in [2.24, 2.45) is 0 Å². The van der Waals surface area contributed by atoms with Gasteiger partial charge in [0, 0.05) is 12.8 Å². The summed E-state index contributed by atoms with van der Waals surface area (Å²) in [7, 11) is -2.99. The van der Waals surface area contributed by atoms with E-state index < -0.39 is 15.8 Å². The topological polar surface area (TPSA) is 102 Å². The minimum absolute atomic E-state index is 0.0503. The van der Waals surface area contributed by atoms with Crippen molar-refractivity contribution in [3.05, 3.63) is 11.4 Å². The molecule has 7 nitrogen and oxygen atoms in total. The van der Waals surface area contributed by atoms with E-state index in [0.717, 1.165) is 6.26 Å². The van der Waals surface area contributed by atoms with Gasteiger partial charge in [0.25, 0.3) is 0 Å². The van der Waals surface area contributed by atoms with Crippen LogP contribution in [0.25, 0.3) is 0 Å². The van der Waals surface area contributed by atoms with E-state index >= 15 is 0 Å². The van der Waals surface area contributed by atoms with Crippen LogP contribution < -0.4 is 0 Å². The van der Waals surface area contributed by atoms with Crippen LogP contribution in [0.2, 0.25) is 0 Å². The van der Waals surface area contributed by atoms with Gasteiger partial charge >= 0.3 is 5.97 Å². The lowest BCUT2D eigenvalue weighted by atomic mass is 10.3. The van der Waals surface area contributed by atoms with Gasteiger partial charge in [-0.3, -0.25) is 0 Å². The summed E-state index contributed by atoms with van der Waals surface area (Å²) in [5, 5.41) is 15.9. The second kappa shape index (κ2) is 4.60. The van der Waals surface area contributed by atoms with E-state index in [1.54, 1.807) is 6.92 Å². The Bertz CT molecular complexity index is 491. The molecule has 0 amide bonds. The van der Waals surface area contributed by atoms with E-state index in [1.807, 2.05) is 0 Å². The molecule has 8 heteroatoms. The Morgan fingerprint density at radius 1 is 1.50 bits per heavy atom. The predicted octanol–water partition coefficient (Wildman–Crippen LogP) is -0.281. The third kappa shape index (κ3) is 3.30. The number of rotatable bonds is 5. The molecular formula is C8H13N3O4S. The molecule has 0 aliphatic rings. The number of carboxylic acids is 1. The lowest BCUT2D eigenvalue weighted by Crippen LogP contribution is -2.10. The summed E-state index contributed by atoms with van der Waals surface area (Å²) >= 11 is 0. The molecule has 0 aromatic carbocycles. The minimum atomic E-state index is -2.99. The second-order valence-corrected chi connectivity index (χ2v) is 5.79. The molecule has 1 aromatic heterocycles. The zero-order valence-electron chi connectivity index (χ0n) is 9.04. The van der Waals surface area contributed by atoms with Gasteiger partial charge in [0.1, 0.15) is 9.84 Å².